The molecule has 1 rings (SSSR count). The number of rotatable bonds is 6. The molecular formula is C14H25N3O2. The molecule has 1 saturated heterocycles. The van der Waals surface area contributed by atoms with Gasteiger partial charge in [0.05, 0.1) is 6.54 Å². The number of amides is 2. The zero-order valence-electron chi connectivity index (χ0n) is 12.2. The summed E-state index contributed by atoms with van der Waals surface area (Å²) in [4.78, 5) is 24.4. The van der Waals surface area contributed by atoms with Crippen LogP contribution in [0.5, 0.6) is 0 Å². The zero-order chi connectivity index (χ0) is 15.0. The molecule has 1 aliphatic heterocycles. The molecule has 0 radical (unpaired) electrons. The Labute approximate surface area is 115 Å². The molecule has 0 aromatic carbocycles. The van der Waals surface area contributed by atoms with Gasteiger partial charge in [0.15, 0.2) is 0 Å². The van der Waals surface area contributed by atoms with E-state index in [2.05, 4.69) is 18.5 Å². The van der Waals surface area contributed by atoms with Crippen molar-refractivity contribution in [1.29, 1.82) is 0 Å². The maximum Gasteiger partial charge on any atom is 0.232 e. The summed E-state index contributed by atoms with van der Waals surface area (Å²) in [6.07, 6.45) is 0.934. The summed E-state index contributed by atoms with van der Waals surface area (Å²) in [6.45, 7) is 14.0. The molecule has 5 heteroatoms. The third-order valence-corrected chi connectivity index (χ3v) is 2.64. The minimum Gasteiger partial charge on any atom is -0.402 e. The second kappa shape index (κ2) is 8.34. The van der Waals surface area contributed by atoms with Gasteiger partial charge in [-0.1, -0.05) is 33.9 Å². The molecule has 1 fully saturated rings. The van der Waals surface area contributed by atoms with Crippen LogP contribution < -0.4 is 11.1 Å². The predicted molar refractivity (Wildman–Crippen MR) is 76.9 cm³/mol. The average molecular weight is 267 g/mol. The van der Waals surface area contributed by atoms with E-state index in [0.29, 0.717) is 30.8 Å². The number of carbonyl (C=O) groups is 2. The molecule has 19 heavy (non-hydrogen) atoms. The van der Waals surface area contributed by atoms with E-state index in [-0.39, 0.29) is 24.3 Å². The first-order valence-electron chi connectivity index (χ1n) is 6.61. The van der Waals surface area contributed by atoms with Crippen LogP contribution in [-0.2, 0) is 9.59 Å². The standard InChI is InChI=1S/C12H19N3O2.C2H6/c1-8-6-11(16)15(12(8)17)7-10(3)14-5-4-9(2)13;1-2/h8,14H,2-7,13H2,1H3;1-2H3. The Morgan fingerprint density at radius 1 is 1.42 bits per heavy atom. The number of carbonyl (C=O) groups excluding carboxylic acids is 2. The van der Waals surface area contributed by atoms with Gasteiger partial charge in [-0.25, -0.2) is 0 Å². The van der Waals surface area contributed by atoms with Gasteiger partial charge in [0.1, 0.15) is 0 Å². The Hall–Kier alpha value is -1.78. The lowest BCUT2D eigenvalue weighted by atomic mass is 10.1. The molecule has 1 aliphatic rings. The molecule has 1 unspecified atom stereocenters. The van der Waals surface area contributed by atoms with Crippen molar-refractivity contribution in [2.75, 3.05) is 13.1 Å². The fourth-order valence-corrected chi connectivity index (χ4v) is 1.66. The lowest BCUT2D eigenvalue weighted by Crippen LogP contribution is -2.35. The summed E-state index contributed by atoms with van der Waals surface area (Å²) >= 11 is 0. The molecule has 0 spiro atoms. The smallest absolute Gasteiger partial charge is 0.232 e. The number of imide groups is 1. The van der Waals surface area contributed by atoms with Crippen LogP contribution in [-0.4, -0.2) is 29.8 Å². The van der Waals surface area contributed by atoms with Crippen molar-refractivity contribution in [3.05, 3.63) is 24.6 Å². The fourth-order valence-electron chi connectivity index (χ4n) is 1.66. The maximum absolute atomic E-state index is 11.6. The maximum atomic E-state index is 11.6. The van der Waals surface area contributed by atoms with E-state index < -0.39 is 0 Å². The van der Waals surface area contributed by atoms with E-state index in [1.165, 1.54) is 4.90 Å². The molecule has 0 aliphatic carbocycles. The average Bonchev–Trinajstić information content (AvgIpc) is 2.58. The van der Waals surface area contributed by atoms with Gasteiger partial charge in [-0.2, -0.15) is 0 Å². The second-order valence-corrected chi connectivity index (χ2v) is 4.36. The van der Waals surface area contributed by atoms with Crippen LogP contribution in [0.3, 0.4) is 0 Å². The van der Waals surface area contributed by atoms with Crippen molar-refractivity contribution in [3.8, 4) is 0 Å². The minimum atomic E-state index is -0.209. The van der Waals surface area contributed by atoms with Crippen molar-refractivity contribution in [2.45, 2.75) is 33.6 Å². The molecule has 0 bridgehead atoms. The Balaban J connectivity index is 0.00000154. The van der Waals surface area contributed by atoms with Gasteiger partial charge in [-0.05, 0) is 0 Å². The molecule has 3 N–H and O–H groups in total. The predicted octanol–water partition coefficient (Wildman–Crippen LogP) is 1.37. The van der Waals surface area contributed by atoms with Crippen LogP contribution in [0.15, 0.2) is 24.6 Å². The van der Waals surface area contributed by atoms with Gasteiger partial charge in [0.25, 0.3) is 0 Å². The van der Waals surface area contributed by atoms with E-state index in [9.17, 15) is 9.59 Å². The van der Waals surface area contributed by atoms with Crippen LogP contribution in [0.2, 0.25) is 0 Å². The molecule has 0 aromatic heterocycles. The molecule has 1 atom stereocenters. The van der Waals surface area contributed by atoms with Crippen LogP contribution in [0, 0.1) is 5.92 Å². The van der Waals surface area contributed by atoms with Crippen LogP contribution in [0.4, 0.5) is 0 Å². The van der Waals surface area contributed by atoms with Gasteiger partial charge in [0, 0.05) is 36.7 Å². The Morgan fingerprint density at radius 3 is 2.42 bits per heavy atom. The number of nitrogens with two attached hydrogens (primary N) is 1. The van der Waals surface area contributed by atoms with Gasteiger partial charge >= 0.3 is 0 Å². The van der Waals surface area contributed by atoms with E-state index in [0.717, 1.165) is 0 Å². The Morgan fingerprint density at radius 2 is 2.00 bits per heavy atom. The van der Waals surface area contributed by atoms with Gasteiger partial charge in [-0.15, -0.1) is 0 Å². The van der Waals surface area contributed by atoms with Crippen molar-refractivity contribution in [1.82, 2.24) is 10.2 Å². The highest BCUT2D eigenvalue weighted by Gasteiger charge is 2.35. The first kappa shape index (κ1) is 17.2. The molecular weight excluding hydrogens is 242 g/mol. The third-order valence-electron chi connectivity index (χ3n) is 2.64. The zero-order valence-corrected chi connectivity index (χ0v) is 12.2. The first-order valence-corrected chi connectivity index (χ1v) is 6.61. The summed E-state index contributed by atoms with van der Waals surface area (Å²) < 4.78 is 0. The normalized spacial score (nSPS) is 17.8. The summed E-state index contributed by atoms with van der Waals surface area (Å²) in [7, 11) is 0. The van der Waals surface area contributed by atoms with Crippen molar-refractivity contribution >= 4 is 11.8 Å². The van der Waals surface area contributed by atoms with Crippen LogP contribution in [0.1, 0.15) is 33.6 Å². The minimum absolute atomic E-state index is 0.124. The lowest BCUT2D eigenvalue weighted by Gasteiger charge is -2.17. The molecule has 2 amide bonds. The first-order chi connectivity index (χ1) is 8.91. The highest BCUT2D eigenvalue weighted by atomic mass is 16.2. The van der Waals surface area contributed by atoms with Gasteiger partial charge < -0.3 is 11.1 Å². The van der Waals surface area contributed by atoms with E-state index in [1.807, 2.05) is 13.8 Å². The molecule has 0 aromatic rings. The van der Waals surface area contributed by atoms with Crippen molar-refractivity contribution in [3.63, 3.8) is 0 Å². The number of likely N-dealkylation sites (tertiary alicyclic amines) is 1. The molecule has 108 valence electrons. The van der Waals surface area contributed by atoms with Crippen molar-refractivity contribution in [2.24, 2.45) is 11.7 Å². The molecule has 5 nitrogen and oxygen atoms in total. The van der Waals surface area contributed by atoms with Crippen LogP contribution >= 0.6 is 0 Å². The Kier molecular flexibility index (Phi) is 7.56. The second-order valence-electron chi connectivity index (χ2n) is 4.36. The lowest BCUT2D eigenvalue weighted by molar-refractivity contribution is -0.138. The number of nitrogens with one attached hydrogen (secondary N) is 1. The number of hydrogen-bond acceptors (Lipinski definition) is 4. The monoisotopic (exact) mass is 267 g/mol. The van der Waals surface area contributed by atoms with Gasteiger partial charge in [-0.3, -0.25) is 14.5 Å². The van der Waals surface area contributed by atoms with E-state index >= 15 is 0 Å². The highest BCUT2D eigenvalue weighted by molar-refractivity contribution is 6.03. The SMILES string of the molecule is C=C(N)CCNC(=C)CN1C(=O)CC(C)C1=O.CC. The summed E-state index contributed by atoms with van der Waals surface area (Å²) in [5, 5.41) is 3.02. The summed E-state index contributed by atoms with van der Waals surface area (Å²) in [5.74, 6) is -0.464. The number of hydrogen-bond donors (Lipinski definition) is 2. The van der Waals surface area contributed by atoms with Crippen LogP contribution in [0.25, 0.3) is 0 Å². The van der Waals surface area contributed by atoms with Crippen molar-refractivity contribution < 1.29 is 9.59 Å². The molecule has 0 saturated carbocycles. The highest BCUT2D eigenvalue weighted by Crippen LogP contribution is 2.18. The largest absolute Gasteiger partial charge is 0.402 e. The Bertz CT molecular complexity index is 364. The van der Waals surface area contributed by atoms with E-state index in [4.69, 9.17) is 5.73 Å². The summed E-state index contributed by atoms with van der Waals surface area (Å²) in [6, 6.07) is 0. The van der Waals surface area contributed by atoms with E-state index in [1.54, 1.807) is 6.92 Å². The van der Waals surface area contributed by atoms with Gasteiger partial charge in [0.2, 0.25) is 11.8 Å². The number of nitrogens with zero attached hydrogens (tertiary/aromatic N) is 1. The quantitative estimate of drug-likeness (QED) is 0.713. The third kappa shape index (κ3) is 5.59. The summed E-state index contributed by atoms with van der Waals surface area (Å²) in [5.41, 5.74) is 6.65. The topological polar surface area (TPSA) is 75.4 Å². The fraction of sp³-hybridized carbons (Fsp3) is 0.571. The molecule has 1 heterocycles.